The van der Waals surface area contributed by atoms with Gasteiger partial charge in [0.1, 0.15) is 0 Å². The van der Waals surface area contributed by atoms with Crippen LogP contribution in [0.2, 0.25) is 5.02 Å². The Morgan fingerprint density at radius 1 is 1.11 bits per heavy atom. The zero-order chi connectivity index (χ0) is 18.6. The van der Waals surface area contributed by atoms with Gasteiger partial charge in [-0.15, -0.1) is 10.2 Å². The predicted molar refractivity (Wildman–Crippen MR) is 109 cm³/mol. The van der Waals surface area contributed by atoms with E-state index in [-0.39, 0.29) is 0 Å². The topological polar surface area (TPSA) is 54.2 Å². The Labute approximate surface area is 168 Å². The normalized spacial score (nSPS) is 13.4. The number of nitrogens with one attached hydrogen (secondary N) is 1. The summed E-state index contributed by atoms with van der Waals surface area (Å²) in [6, 6.07) is 18.1. The molecule has 138 valence electrons. The van der Waals surface area contributed by atoms with E-state index in [1.807, 2.05) is 36.4 Å². The summed E-state index contributed by atoms with van der Waals surface area (Å²) in [5.41, 5.74) is 1.93. The molecule has 2 aromatic carbocycles. The first-order valence-electron chi connectivity index (χ1n) is 8.86. The smallest absolute Gasteiger partial charge is 0.249 e. The van der Waals surface area contributed by atoms with Crippen LogP contribution in [-0.2, 0) is 13.1 Å². The molecule has 0 aliphatic heterocycles. The molecule has 1 N–H and O–H groups in total. The van der Waals surface area contributed by atoms with E-state index < -0.39 is 0 Å². The average molecular weight is 399 g/mol. The molecule has 1 aromatic heterocycles. The Morgan fingerprint density at radius 2 is 1.85 bits per heavy atom. The Balaban J connectivity index is 1.43. The second kappa shape index (κ2) is 8.06. The van der Waals surface area contributed by atoms with Crippen LogP contribution in [0.15, 0.2) is 59.0 Å². The largest absolute Gasteiger partial charge is 0.419 e. The summed E-state index contributed by atoms with van der Waals surface area (Å²) in [4.78, 5) is 2.13. The predicted octanol–water partition coefficient (Wildman–Crippen LogP) is 4.43. The lowest BCUT2D eigenvalue weighted by atomic mass is 10.2. The highest BCUT2D eigenvalue weighted by molar-refractivity contribution is 7.80. The Kier molecular flexibility index (Phi) is 5.36. The van der Waals surface area contributed by atoms with Gasteiger partial charge in [0.05, 0.1) is 17.1 Å². The van der Waals surface area contributed by atoms with E-state index >= 15 is 0 Å². The highest BCUT2D eigenvalue weighted by Crippen LogP contribution is 2.30. The minimum Gasteiger partial charge on any atom is -0.419 e. The lowest BCUT2D eigenvalue weighted by Gasteiger charge is -2.24. The van der Waals surface area contributed by atoms with Crippen molar-refractivity contribution in [2.75, 3.05) is 0 Å². The molecule has 1 saturated carbocycles. The lowest BCUT2D eigenvalue weighted by Crippen LogP contribution is -2.40. The molecule has 1 aliphatic rings. The zero-order valence-corrected chi connectivity index (χ0v) is 16.2. The molecule has 7 heteroatoms. The molecule has 1 aliphatic carbocycles. The first-order valence-corrected chi connectivity index (χ1v) is 9.65. The fourth-order valence-electron chi connectivity index (χ4n) is 2.83. The molecule has 27 heavy (non-hydrogen) atoms. The highest BCUT2D eigenvalue weighted by Gasteiger charge is 2.32. The van der Waals surface area contributed by atoms with Crippen molar-refractivity contribution < 1.29 is 4.42 Å². The van der Waals surface area contributed by atoms with Crippen LogP contribution in [0.1, 0.15) is 24.3 Å². The van der Waals surface area contributed by atoms with Gasteiger partial charge in [0, 0.05) is 12.6 Å². The number of hydrogen-bond acceptors (Lipinski definition) is 4. The summed E-state index contributed by atoms with van der Waals surface area (Å²) in [6.07, 6.45) is 2.25. The molecule has 5 nitrogen and oxygen atoms in total. The van der Waals surface area contributed by atoms with Gasteiger partial charge in [-0.05, 0) is 42.8 Å². The monoisotopic (exact) mass is 398 g/mol. The molecule has 3 aromatic rings. The van der Waals surface area contributed by atoms with Gasteiger partial charge in [-0.3, -0.25) is 0 Å². The standard InChI is InChI=1S/C20H19ClN4OS/c21-17-9-5-4-8-16(17)19-24-23-18(26-19)13-25(15-10-11-15)20(27)22-12-14-6-2-1-3-7-14/h1-9,15H,10-13H2,(H,22,27). The molecular weight excluding hydrogens is 380 g/mol. The molecule has 1 fully saturated rings. The van der Waals surface area contributed by atoms with Crippen molar-refractivity contribution >= 4 is 28.9 Å². The van der Waals surface area contributed by atoms with Gasteiger partial charge in [-0.1, -0.05) is 54.1 Å². The highest BCUT2D eigenvalue weighted by atomic mass is 35.5. The number of aromatic nitrogens is 2. The number of rotatable bonds is 6. The van der Waals surface area contributed by atoms with Gasteiger partial charge in [0.2, 0.25) is 11.8 Å². The van der Waals surface area contributed by atoms with Crippen LogP contribution in [0, 0.1) is 0 Å². The maximum atomic E-state index is 6.22. The minimum absolute atomic E-state index is 0.425. The third-order valence-corrected chi connectivity index (χ3v) is 5.12. The molecule has 0 saturated heterocycles. The Bertz CT molecular complexity index is 926. The zero-order valence-electron chi connectivity index (χ0n) is 14.6. The summed E-state index contributed by atoms with van der Waals surface area (Å²) in [7, 11) is 0. The summed E-state index contributed by atoms with van der Waals surface area (Å²) in [5.74, 6) is 0.954. The molecule has 0 unspecified atom stereocenters. The fourth-order valence-corrected chi connectivity index (χ4v) is 3.34. The third-order valence-electron chi connectivity index (χ3n) is 4.41. The molecule has 0 bridgehead atoms. The van der Waals surface area contributed by atoms with E-state index in [1.54, 1.807) is 6.07 Å². The van der Waals surface area contributed by atoms with E-state index in [1.165, 1.54) is 5.56 Å². The maximum absolute atomic E-state index is 6.22. The van der Waals surface area contributed by atoms with Crippen molar-refractivity contribution in [2.45, 2.75) is 32.0 Å². The number of benzene rings is 2. The fraction of sp³-hybridized carbons (Fsp3) is 0.250. The number of hydrogen-bond donors (Lipinski definition) is 1. The third kappa shape index (κ3) is 4.46. The van der Waals surface area contributed by atoms with E-state index in [4.69, 9.17) is 28.2 Å². The van der Waals surface area contributed by atoms with E-state index in [0.29, 0.717) is 41.0 Å². The van der Waals surface area contributed by atoms with E-state index in [0.717, 1.165) is 18.4 Å². The Morgan fingerprint density at radius 3 is 2.59 bits per heavy atom. The Hall–Kier alpha value is -2.44. The van der Waals surface area contributed by atoms with Gasteiger partial charge in [-0.2, -0.15) is 0 Å². The number of halogens is 1. The van der Waals surface area contributed by atoms with Crippen molar-refractivity contribution in [2.24, 2.45) is 0 Å². The summed E-state index contributed by atoms with van der Waals surface area (Å²) in [6.45, 7) is 1.18. The molecule has 0 atom stereocenters. The molecule has 1 heterocycles. The van der Waals surface area contributed by atoms with Gasteiger partial charge in [-0.25, -0.2) is 0 Å². The second-order valence-electron chi connectivity index (χ2n) is 6.48. The van der Waals surface area contributed by atoms with Gasteiger partial charge < -0.3 is 14.6 Å². The summed E-state index contributed by atoms with van der Waals surface area (Å²) in [5, 5.41) is 13.0. The first-order chi connectivity index (χ1) is 13.2. The van der Waals surface area contributed by atoms with Crippen LogP contribution < -0.4 is 5.32 Å². The van der Waals surface area contributed by atoms with Crippen LogP contribution in [-0.4, -0.2) is 26.3 Å². The number of thiocarbonyl (C=S) groups is 1. The molecular formula is C20H19ClN4OS. The first kappa shape index (κ1) is 17.9. The van der Waals surface area contributed by atoms with Crippen molar-refractivity contribution in [1.82, 2.24) is 20.4 Å². The van der Waals surface area contributed by atoms with Crippen molar-refractivity contribution in [3.63, 3.8) is 0 Å². The molecule has 0 radical (unpaired) electrons. The average Bonchev–Trinajstić information content (AvgIpc) is 3.43. The van der Waals surface area contributed by atoms with Gasteiger partial charge >= 0.3 is 0 Å². The van der Waals surface area contributed by atoms with Crippen molar-refractivity contribution in [3.05, 3.63) is 71.1 Å². The SMILES string of the molecule is S=C(NCc1ccccc1)N(Cc1nnc(-c2ccccc2Cl)o1)C1CC1. The van der Waals surface area contributed by atoms with E-state index in [9.17, 15) is 0 Å². The van der Waals surface area contributed by atoms with E-state index in [2.05, 4.69) is 32.5 Å². The number of nitrogens with zero attached hydrogens (tertiary/aromatic N) is 3. The molecule has 4 rings (SSSR count). The summed E-state index contributed by atoms with van der Waals surface area (Å²) >= 11 is 11.8. The molecule has 0 amide bonds. The quantitative estimate of drug-likeness (QED) is 0.620. The van der Waals surface area contributed by atoms with Gasteiger partial charge in [0.15, 0.2) is 5.11 Å². The maximum Gasteiger partial charge on any atom is 0.249 e. The van der Waals surface area contributed by atoms with Crippen LogP contribution in [0.25, 0.3) is 11.5 Å². The van der Waals surface area contributed by atoms with Crippen molar-refractivity contribution in [3.8, 4) is 11.5 Å². The van der Waals surface area contributed by atoms with Gasteiger partial charge in [0.25, 0.3) is 0 Å². The van der Waals surface area contributed by atoms with Crippen LogP contribution in [0.3, 0.4) is 0 Å². The minimum atomic E-state index is 0.425. The second-order valence-corrected chi connectivity index (χ2v) is 7.28. The van der Waals surface area contributed by atoms with Crippen LogP contribution in [0.4, 0.5) is 0 Å². The van der Waals surface area contributed by atoms with Crippen molar-refractivity contribution in [1.29, 1.82) is 0 Å². The van der Waals surface area contributed by atoms with Crippen LogP contribution >= 0.6 is 23.8 Å². The lowest BCUT2D eigenvalue weighted by molar-refractivity contribution is 0.343. The summed E-state index contributed by atoms with van der Waals surface area (Å²) < 4.78 is 5.84. The van der Waals surface area contributed by atoms with Crippen LogP contribution in [0.5, 0.6) is 0 Å². The molecule has 0 spiro atoms.